The first-order valence-electron chi connectivity index (χ1n) is 3.31. The SMILES string of the molecule is Cc1cccc2cc[se]c12. The Morgan fingerprint density at radius 3 is 2.90 bits per heavy atom. The van der Waals surface area contributed by atoms with Gasteiger partial charge in [0.25, 0.3) is 0 Å². The average molecular weight is 195 g/mol. The van der Waals surface area contributed by atoms with E-state index in [0.717, 1.165) is 0 Å². The molecule has 2 aromatic rings. The summed E-state index contributed by atoms with van der Waals surface area (Å²) in [4.78, 5) is 2.28. The molecule has 0 fully saturated rings. The monoisotopic (exact) mass is 196 g/mol. The minimum atomic E-state index is 0.612. The van der Waals surface area contributed by atoms with Crippen LogP contribution in [0.1, 0.15) is 5.56 Å². The van der Waals surface area contributed by atoms with Gasteiger partial charge in [0.15, 0.2) is 0 Å². The van der Waals surface area contributed by atoms with Gasteiger partial charge >= 0.3 is 65.8 Å². The molecule has 0 spiro atoms. The van der Waals surface area contributed by atoms with E-state index in [1.807, 2.05) is 0 Å². The molecule has 0 bridgehead atoms. The molecule has 1 aromatic carbocycles. The van der Waals surface area contributed by atoms with E-state index >= 15 is 0 Å². The van der Waals surface area contributed by atoms with Crippen molar-refractivity contribution in [2.45, 2.75) is 6.92 Å². The Kier molecular flexibility index (Phi) is 1.40. The Morgan fingerprint density at radius 2 is 2.10 bits per heavy atom. The molecular formula is C9H8Se. The second-order valence-electron chi connectivity index (χ2n) is 2.41. The normalized spacial score (nSPS) is 10.5. The molecule has 1 heterocycles. The van der Waals surface area contributed by atoms with Crippen molar-refractivity contribution >= 4 is 24.1 Å². The number of fused-ring (bicyclic) bond motifs is 1. The predicted octanol–water partition coefficient (Wildman–Crippen LogP) is 2.21. The molecule has 10 heavy (non-hydrogen) atoms. The summed E-state index contributed by atoms with van der Waals surface area (Å²) in [5.74, 6) is 0. The molecule has 0 radical (unpaired) electrons. The van der Waals surface area contributed by atoms with Gasteiger partial charge in [-0.3, -0.25) is 0 Å². The molecule has 0 nitrogen and oxygen atoms in total. The average Bonchev–Trinajstić information content (AvgIpc) is 2.36. The van der Waals surface area contributed by atoms with E-state index in [2.05, 4.69) is 36.1 Å². The molecule has 0 aliphatic rings. The molecular weight excluding hydrogens is 187 g/mol. The van der Waals surface area contributed by atoms with Crippen molar-refractivity contribution in [3.63, 3.8) is 0 Å². The molecule has 50 valence electrons. The Hall–Kier alpha value is -0.521. The van der Waals surface area contributed by atoms with Gasteiger partial charge in [-0.2, -0.15) is 0 Å². The molecule has 0 aliphatic carbocycles. The van der Waals surface area contributed by atoms with E-state index in [9.17, 15) is 0 Å². The van der Waals surface area contributed by atoms with Crippen LogP contribution in [0.3, 0.4) is 0 Å². The molecule has 2 rings (SSSR count). The Balaban J connectivity index is 2.95. The van der Waals surface area contributed by atoms with Gasteiger partial charge in [0, 0.05) is 0 Å². The molecule has 0 atom stereocenters. The predicted molar refractivity (Wildman–Crippen MR) is 45.6 cm³/mol. The van der Waals surface area contributed by atoms with E-state index in [4.69, 9.17) is 0 Å². The van der Waals surface area contributed by atoms with Crippen molar-refractivity contribution in [1.82, 2.24) is 0 Å². The van der Waals surface area contributed by atoms with Crippen LogP contribution in [0.25, 0.3) is 9.65 Å². The number of hydrogen-bond donors (Lipinski definition) is 0. The second kappa shape index (κ2) is 2.26. The van der Waals surface area contributed by atoms with Crippen LogP contribution in [0.2, 0.25) is 0 Å². The molecule has 0 saturated heterocycles. The zero-order valence-corrected chi connectivity index (χ0v) is 7.51. The van der Waals surface area contributed by atoms with E-state index in [1.54, 1.807) is 4.26 Å². The van der Waals surface area contributed by atoms with Gasteiger partial charge < -0.3 is 0 Å². The summed E-state index contributed by atoms with van der Waals surface area (Å²) >= 11 is 0.612. The fraction of sp³-hybridized carbons (Fsp3) is 0.111. The van der Waals surface area contributed by atoms with E-state index in [-0.39, 0.29) is 0 Å². The standard InChI is InChI=1S/C9H8Se/c1-7-3-2-4-8-5-6-10-9(7)8/h2-6H,1H3. The first kappa shape index (κ1) is 6.21. The molecule has 0 saturated carbocycles. The zero-order chi connectivity index (χ0) is 6.97. The van der Waals surface area contributed by atoms with Gasteiger partial charge in [0.05, 0.1) is 0 Å². The zero-order valence-electron chi connectivity index (χ0n) is 5.79. The number of hydrogen-bond acceptors (Lipinski definition) is 0. The van der Waals surface area contributed by atoms with Crippen molar-refractivity contribution in [3.05, 3.63) is 34.8 Å². The number of rotatable bonds is 0. The number of aryl methyl sites for hydroxylation is 1. The van der Waals surface area contributed by atoms with Gasteiger partial charge in [-0.1, -0.05) is 0 Å². The van der Waals surface area contributed by atoms with Crippen LogP contribution in [0.5, 0.6) is 0 Å². The molecule has 0 unspecified atom stereocenters. The van der Waals surface area contributed by atoms with Crippen LogP contribution >= 0.6 is 0 Å². The summed E-state index contributed by atoms with van der Waals surface area (Å²) in [5, 5.41) is 1.43. The summed E-state index contributed by atoms with van der Waals surface area (Å²) < 4.78 is 1.56. The van der Waals surface area contributed by atoms with Crippen molar-refractivity contribution < 1.29 is 0 Å². The summed E-state index contributed by atoms with van der Waals surface area (Å²) in [5.41, 5.74) is 1.45. The van der Waals surface area contributed by atoms with E-state index in [1.165, 1.54) is 10.9 Å². The molecule has 0 aliphatic heterocycles. The molecule has 1 heteroatoms. The Bertz CT molecular complexity index is 346. The summed E-state index contributed by atoms with van der Waals surface area (Å²) in [7, 11) is 0. The third-order valence-electron chi connectivity index (χ3n) is 1.68. The van der Waals surface area contributed by atoms with Crippen LogP contribution < -0.4 is 0 Å². The molecule has 1 aromatic heterocycles. The van der Waals surface area contributed by atoms with Crippen molar-refractivity contribution in [3.8, 4) is 0 Å². The quantitative estimate of drug-likeness (QED) is 0.565. The topological polar surface area (TPSA) is 0 Å². The summed E-state index contributed by atoms with van der Waals surface area (Å²) in [6.45, 7) is 2.19. The fourth-order valence-electron chi connectivity index (χ4n) is 1.14. The summed E-state index contributed by atoms with van der Waals surface area (Å²) in [6.07, 6.45) is 0. The van der Waals surface area contributed by atoms with Gasteiger partial charge in [0.1, 0.15) is 0 Å². The fourth-order valence-corrected chi connectivity index (χ4v) is 2.98. The van der Waals surface area contributed by atoms with Crippen LogP contribution in [0.15, 0.2) is 29.2 Å². The van der Waals surface area contributed by atoms with Crippen molar-refractivity contribution in [1.29, 1.82) is 0 Å². The van der Waals surface area contributed by atoms with E-state index in [0.29, 0.717) is 14.5 Å². The van der Waals surface area contributed by atoms with Crippen molar-refractivity contribution in [2.24, 2.45) is 0 Å². The first-order chi connectivity index (χ1) is 4.88. The van der Waals surface area contributed by atoms with Gasteiger partial charge in [0.2, 0.25) is 0 Å². The van der Waals surface area contributed by atoms with Gasteiger partial charge in [-0.15, -0.1) is 0 Å². The maximum absolute atomic E-state index is 2.28. The first-order valence-corrected chi connectivity index (χ1v) is 5.15. The minimum absolute atomic E-state index is 0.612. The van der Waals surface area contributed by atoms with Gasteiger partial charge in [-0.25, -0.2) is 0 Å². The third kappa shape index (κ3) is 0.828. The second-order valence-corrected chi connectivity index (χ2v) is 4.34. The summed E-state index contributed by atoms with van der Waals surface area (Å²) in [6, 6.07) is 8.73. The third-order valence-corrected chi connectivity index (χ3v) is 3.91. The van der Waals surface area contributed by atoms with Crippen LogP contribution in [-0.4, -0.2) is 14.5 Å². The van der Waals surface area contributed by atoms with Crippen LogP contribution in [0, 0.1) is 6.92 Å². The molecule has 0 N–H and O–H groups in total. The Labute approximate surface area is 66.2 Å². The van der Waals surface area contributed by atoms with Crippen molar-refractivity contribution in [2.75, 3.05) is 0 Å². The van der Waals surface area contributed by atoms with E-state index < -0.39 is 0 Å². The maximum atomic E-state index is 2.28. The van der Waals surface area contributed by atoms with Crippen LogP contribution in [-0.2, 0) is 0 Å². The number of benzene rings is 1. The molecule has 0 amide bonds. The Morgan fingerprint density at radius 1 is 1.20 bits per heavy atom. The van der Waals surface area contributed by atoms with Crippen LogP contribution in [0.4, 0.5) is 0 Å². The van der Waals surface area contributed by atoms with Gasteiger partial charge in [-0.05, 0) is 0 Å².